The molecule has 153 valence electrons. The normalized spacial score (nSPS) is 14.8. The summed E-state index contributed by atoms with van der Waals surface area (Å²) in [6.45, 7) is -1.14. The van der Waals surface area contributed by atoms with Crippen molar-refractivity contribution in [3.63, 3.8) is 0 Å². The maximum atomic E-state index is 14.3. The predicted molar refractivity (Wildman–Crippen MR) is 112 cm³/mol. The minimum atomic E-state index is -2.87. The van der Waals surface area contributed by atoms with Gasteiger partial charge in [0, 0.05) is 40.4 Å². The number of aryl methyl sites for hydroxylation is 2. The number of oxazole rings is 1. The summed E-state index contributed by atoms with van der Waals surface area (Å²) in [7, 11) is 0.736. The van der Waals surface area contributed by atoms with Crippen LogP contribution >= 0.6 is 0 Å². The second-order valence-electron chi connectivity index (χ2n) is 6.39. The average molecular weight is 414 g/mol. The van der Waals surface area contributed by atoms with Crippen LogP contribution in [0.1, 0.15) is 19.4 Å². The molecule has 0 aliphatic rings. The summed E-state index contributed by atoms with van der Waals surface area (Å²) in [4.78, 5) is 20.0. The summed E-state index contributed by atoms with van der Waals surface area (Å²) in [5.41, 5.74) is 1.18. The second kappa shape index (κ2) is 7.51. The Labute approximate surface area is 179 Å². The molecule has 0 saturated carbocycles. The van der Waals surface area contributed by atoms with Crippen LogP contribution in [0.4, 0.5) is 27.5 Å². The van der Waals surface area contributed by atoms with Gasteiger partial charge in [-0.25, -0.2) is 14.2 Å². The minimum Gasteiger partial charge on any atom is -0.494 e. The highest BCUT2D eigenvalue weighted by Crippen LogP contribution is 2.28. The van der Waals surface area contributed by atoms with Crippen molar-refractivity contribution in [3.05, 3.63) is 71.1 Å². The highest BCUT2D eigenvalue weighted by atomic mass is 19.1. The summed E-state index contributed by atoms with van der Waals surface area (Å²) < 4.78 is 70.3. The largest absolute Gasteiger partial charge is 0.494 e. The van der Waals surface area contributed by atoms with E-state index in [4.69, 9.17) is 17.4 Å². The first-order valence-electron chi connectivity index (χ1n) is 11.6. The topological polar surface area (TPSA) is 94.2 Å². The number of hydrogen-bond donors (Lipinski definition) is 2. The van der Waals surface area contributed by atoms with Crippen LogP contribution in [-0.4, -0.2) is 21.6 Å². The molecule has 30 heavy (non-hydrogen) atoms. The molecule has 2 heterocycles. The zero-order valence-corrected chi connectivity index (χ0v) is 15.6. The lowest BCUT2D eigenvalue weighted by atomic mass is 10.2. The monoisotopic (exact) mass is 414 g/mol. The van der Waals surface area contributed by atoms with E-state index < -0.39 is 31.2 Å². The van der Waals surface area contributed by atoms with E-state index in [1.165, 1.54) is 25.1 Å². The van der Waals surface area contributed by atoms with Crippen molar-refractivity contribution in [2.75, 3.05) is 17.7 Å². The summed E-state index contributed by atoms with van der Waals surface area (Å²) in [6, 6.07) is 7.13. The fourth-order valence-electron chi connectivity index (χ4n) is 2.83. The molecular weight excluding hydrogens is 389 g/mol. The molecule has 0 saturated heterocycles. The highest BCUT2D eigenvalue weighted by molar-refractivity contribution is 5.79. The van der Waals surface area contributed by atoms with Gasteiger partial charge in [-0.05, 0) is 43.6 Å². The molecule has 8 nitrogen and oxygen atoms in total. The van der Waals surface area contributed by atoms with Crippen molar-refractivity contribution in [2.24, 2.45) is 0 Å². The van der Waals surface area contributed by atoms with Gasteiger partial charge in [0.25, 0.3) is 0 Å². The SMILES string of the molecule is [2H]C([2H])([2H])Oc1cc(Nc2ncc(C([2H])([2H])[2H])c(Nc3ccc4oc(=O)n([CH2])c4c3)n2)cc(C)c1F. The van der Waals surface area contributed by atoms with E-state index >= 15 is 0 Å². The Morgan fingerprint density at radius 1 is 1.23 bits per heavy atom. The van der Waals surface area contributed by atoms with E-state index in [1.54, 1.807) is 6.07 Å². The van der Waals surface area contributed by atoms with Crippen molar-refractivity contribution >= 4 is 34.2 Å². The molecule has 4 rings (SSSR count). The standard InChI is InChI=1S/C21H19FN5O3/c1-11-7-14(9-17(29-4)18(11)22)25-20-23-10-12(2)19(26-20)24-13-5-6-16-15(8-13)27(3)21(28)30-16/h5-10H,3H2,1-2,4H3,(H2,23,24,25,26)/i2D3,4D3. The molecule has 0 amide bonds. The Kier molecular flexibility index (Phi) is 3.34. The first-order chi connectivity index (χ1) is 16.7. The lowest BCUT2D eigenvalue weighted by molar-refractivity contribution is 0.385. The third kappa shape index (κ3) is 3.57. The maximum Gasteiger partial charge on any atom is 0.420 e. The smallest absolute Gasteiger partial charge is 0.420 e. The van der Waals surface area contributed by atoms with Gasteiger partial charge >= 0.3 is 5.76 Å². The lowest BCUT2D eigenvalue weighted by Gasteiger charge is -2.13. The van der Waals surface area contributed by atoms with Crippen molar-refractivity contribution in [1.82, 2.24) is 14.5 Å². The maximum absolute atomic E-state index is 14.3. The molecule has 0 spiro atoms. The zero-order chi connectivity index (χ0) is 26.4. The number of anilines is 4. The van der Waals surface area contributed by atoms with Gasteiger partial charge in [0.1, 0.15) is 5.82 Å². The minimum absolute atomic E-state index is 0.0604. The van der Waals surface area contributed by atoms with Crippen LogP contribution < -0.4 is 21.1 Å². The number of nitrogens with zero attached hydrogens (tertiary/aromatic N) is 3. The van der Waals surface area contributed by atoms with Crippen LogP contribution in [0.3, 0.4) is 0 Å². The van der Waals surface area contributed by atoms with Crippen LogP contribution in [0.2, 0.25) is 0 Å². The van der Waals surface area contributed by atoms with E-state index in [9.17, 15) is 9.18 Å². The van der Waals surface area contributed by atoms with Gasteiger partial charge in [0.05, 0.1) is 16.7 Å². The number of hydrogen-bond acceptors (Lipinski definition) is 7. The Hall–Kier alpha value is -3.88. The number of halogens is 1. The molecular formula is C21H19FN5O3. The number of methoxy groups -OCH3 is 1. The quantitative estimate of drug-likeness (QED) is 0.503. The lowest BCUT2D eigenvalue weighted by Crippen LogP contribution is -2.06. The highest BCUT2D eigenvalue weighted by Gasteiger charge is 2.11. The third-order valence-electron chi connectivity index (χ3n) is 4.31. The first-order valence-corrected chi connectivity index (χ1v) is 8.58. The van der Waals surface area contributed by atoms with E-state index in [2.05, 4.69) is 27.6 Å². The van der Waals surface area contributed by atoms with E-state index in [1.807, 2.05) is 0 Å². The van der Waals surface area contributed by atoms with Crippen molar-refractivity contribution < 1.29 is 21.8 Å². The van der Waals surface area contributed by atoms with Crippen LogP contribution in [0.15, 0.2) is 45.7 Å². The van der Waals surface area contributed by atoms with Crippen LogP contribution in [0, 0.1) is 26.6 Å². The van der Waals surface area contributed by atoms with Gasteiger partial charge in [-0.1, -0.05) is 0 Å². The molecule has 2 aromatic carbocycles. The fourth-order valence-corrected chi connectivity index (χ4v) is 2.83. The van der Waals surface area contributed by atoms with E-state index in [0.29, 0.717) is 16.8 Å². The van der Waals surface area contributed by atoms with Gasteiger partial charge in [-0.2, -0.15) is 4.98 Å². The fraction of sp³-hybridized carbons (Fsp3) is 0.143. The molecule has 0 fully saturated rings. The number of ether oxygens (including phenoxy) is 1. The Balaban J connectivity index is 1.71. The molecule has 2 aromatic heterocycles. The van der Waals surface area contributed by atoms with E-state index in [-0.39, 0.29) is 28.6 Å². The second-order valence-corrected chi connectivity index (χ2v) is 6.39. The molecule has 0 aliphatic heterocycles. The van der Waals surface area contributed by atoms with Crippen molar-refractivity contribution in [3.8, 4) is 5.75 Å². The number of rotatable bonds is 5. The third-order valence-corrected chi connectivity index (χ3v) is 4.31. The summed E-state index contributed by atoms with van der Waals surface area (Å²) >= 11 is 0. The first kappa shape index (κ1) is 13.4. The predicted octanol–water partition coefficient (Wildman–Crippen LogP) is 4.28. The van der Waals surface area contributed by atoms with Crippen LogP contribution in [0.25, 0.3) is 11.1 Å². The molecule has 0 bridgehead atoms. The van der Waals surface area contributed by atoms with Crippen molar-refractivity contribution in [1.29, 1.82) is 0 Å². The number of nitrogens with one attached hydrogen (secondary N) is 2. The van der Waals surface area contributed by atoms with E-state index in [0.717, 1.165) is 16.8 Å². The summed E-state index contributed by atoms with van der Waals surface area (Å²) in [5, 5.41) is 5.70. The molecule has 0 unspecified atom stereocenters. The Bertz CT molecular complexity index is 1510. The van der Waals surface area contributed by atoms with Gasteiger partial charge in [0.2, 0.25) is 5.95 Å². The molecule has 1 radical (unpaired) electrons. The van der Waals surface area contributed by atoms with Gasteiger partial charge < -0.3 is 19.8 Å². The van der Waals surface area contributed by atoms with Crippen LogP contribution in [-0.2, 0) is 0 Å². The molecule has 9 heteroatoms. The average Bonchev–Trinajstić information content (AvgIpc) is 3.03. The van der Waals surface area contributed by atoms with Gasteiger partial charge in [-0.15, -0.1) is 0 Å². The van der Waals surface area contributed by atoms with Crippen LogP contribution in [0.5, 0.6) is 5.75 Å². The number of benzene rings is 2. The summed E-state index contributed by atoms with van der Waals surface area (Å²) in [5.74, 6) is -2.12. The van der Waals surface area contributed by atoms with Crippen molar-refractivity contribution in [2.45, 2.75) is 13.8 Å². The molecule has 4 aromatic rings. The van der Waals surface area contributed by atoms with Gasteiger partial charge in [0.15, 0.2) is 17.1 Å². The number of aromatic nitrogens is 3. The molecule has 0 atom stereocenters. The molecule has 2 N–H and O–H groups in total. The summed E-state index contributed by atoms with van der Waals surface area (Å²) in [6.07, 6.45) is 1.11. The Morgan fingerprint density at radius 2 is 2.10 bits per heavy atom. The number of fused-ring (bicyclic) bond motifs is 1. The Morgan fingerprint density at radius 3 is 2.90 bits per heavy atom. The molecule has 0 aliphatic carbocycles. The van der Waals surface area contributed by atoms with Gasteiger partial charge in [-0.3, -0.25) is 4.57 Å². The zero-order valence-electron chi connectivity index (χ0n) is 21.6.